The molecule has 6 nitrogen and oxygen atoms in total. The third kappa shape index (κ3) is 4.89. The van der Waals surface area contributed by atoms with Gasteiger partial charge in [0.05, 0.1) is 11.6 Å². The summed E-state index contributed by atoms with van der Waals surface area (Å²) in [7, 11) is 0. The Hall–Kier alpha value is -2.21. The number of aryl methyl sites for hydroxylation is 1. The average Bonchev–Trinajstić information content (AvgIpc) is 2.99. The Kier molecular flexibility index (Phi) is 5.87. The van der Waals surface area contributed by atoms with Crippen LogP contribution in [0.25, 0.3) is 5.69 Å². The second-order valence-electron chi connectivity index (χ2n) is 6.26. The fourth-order valence-electron chi connectivity index (χ4n) is 2.65. The van der Waals surface area contributed by atoms with Crippen LogP contribution in [0.2, 0.25) is 0 Å². The minimum absolute atomic E-state index is 0.342. The maximum absolute atomic E-state index is 11.3. The first-order chi connectivity index (χ1) is 11.0. The van der Waals surface area contributed by atoms with Crippen molar-refractivity contribution in [3.63, 3.8) is 0 Å². The Balaban J connectivity index is 1.93. The molecule has 2 aromatic rings. The molecule has 1 atom stereocenters. The van der Waals surface area contributed by atoms with Crippen molar-refractivity contribution in [2.24, 2.45) is 11.8 Å². The second-order valence-corrected chi connectivity index (χ2v) is 6.26. The zero-order chi connectivity index (χ0) is 16.8. The number of hydrogen-bond donors (Lipinski definition) is 2. The summed E-state index contributed by atoms with van der Waals surface area (Å²) in [5.41, 5.74) is 3.22. The van der Waals surface area contributed by atoms with Crippen molar-refractivity contribution in [3.05, 3.63) is 42.0 Å². The molecule has 0 spiro atoms. The number of aromatic nitrogens is 3. The maximum atomic E-state index is 11.3. The number of rotatable bonds is 8. The first kappa shape index (κ1) is 17.1. The minimum Gasteiger partial charge on any atom is -0.481 e. The first-order valence-corrected chi connectivity index (χ1v) is 7.85. The van der Waals surface area contributed by atoms with E-state index in [9.17, 15) is 9.90 Å². The number of aliphatic carboxylic acids is 1. The van der Waals surface area contributed by atoms with Gasteiger partial charge in [-0.1, -0.05) is 26.0 Å². The number of hydrogen-bond acceptors (Lipinski definition) is 4. The zero-order valence-electron chi connectivity index (χ0n) is 13.9. The number of carboxylic acids is 1. The molecule has 0 fully saturated rings. The molecular weight excluding hydrogens is 292 g/mol. The predicted octanol–water partition coefficient (Wildman–Crippen LogP) is 2.41. The van der Waals surface area contributed by atoms with Crippen molar-refractivity contribution < 1.29 is 9.90 Å². The molecule has 6 heteroatoms. The highest BCUT2D eigenvalue weighted by Gasteiger charge is 2.18. The summed E-state index contributed by atoms with van der Waals surface area (Å²) in [5.74, 6) is -0.698. The van der Waals surface area contributed by atoms with Crippen molar-refractivity contribution >= 4 is 5.97 Å². The van der Waals surface area contributed by atoms with E-state index >= 15 is 0 Å². The van der Waals surface area contributed by atoms with Gasteiger partial charge in [0, 0.05) is 13.1 Å². The molecule has 0 aliphatic rings. The fourth-order valence-corrected chi connectivity index (χ4v) is 2.65. The summed E-state index contributed by atoms with van der Waals surface area (Å²) in [4.78, 5) is 15.2. The minimum atomic E-state index is -0.732. The summed E-state index contributed by atoms with van der Waals surface area (Å²) in [6.07, 6.45) is 3.87. The smallest absolute Gasteiger partial charge is 0.307 e. The van der Waals surface area contributed by atoms with Crippen LogP contribution in [0.4, 0.5) is 0 Å². The van der Waals surface area contributed by atoms with E-state index < -0.39 is 5.97 Å². The van der Waals surface area contributed by atoms with Gasteiger partial charge in [-0.25, -0.2) is 9.67 Å². The topological polar surface area (TPSA) is 80.0 Å². The summed E-state index contributed by atoms with van der Waals surface area (Å²) < 4.78 is 1.73. The lowest BCUT2D eigenvalue weighted by molar-refractivity contribution is -0.142. The highest BCUT2D eigenvalue weighted by Crippen LogP contribution is 2.15. The van der Waals surface area contributed by atoms with Crippen LogP contribution in [0.1, 0.15) is 31.4 Å². The molecule has 2 N–H and O–H groups in total. The van der Waals surface area contributed by atoms with Crippen LogP contribution < -0.4 is 5.32 Å². The van der Waals surface area contributed by atoms with E-state index in [1.165, 1.54) is 6.33 Å². The highest BCUT2D eigenvalue weighted by atomic mass is 16.4. The predicted molar refractivity (Wildman–Crippen MR) is 88.4 cm³/mol. The number of nitrogens with zero attached hydrogens (tertiary/aromatic N) is 3. The lowest BCUT2D eigenvalue weighted by atomic mass is 9.97. The lowest BCUT2D eigenvalue weighted by Crippen LogP contribution is -2.29. The molecule has 0 bridgehead atoms. The molecule has 0 saturated heterocycles. The molecule has 1 heterocycles. The quantitative estimate of drug-likeness (QED) is 0.782. The Labute approximate surface area is 136 Å². The monoisotopic (exact) mass is 316 g/mol. The van der Waals surface area contributed by atoms with Crippen molar-refractivity contribution in [1.82, 2.24) is 20.1 Å². The van der Waals surface area contributed by atoms with Gasteiger partial charge >= 0.3 is 5.97 Å². The number of nitrogens with one attached hydrogen (secondary N) is 1. The number of benzene rings is 1. The van der Waals surface area contributed by atoms with Gasteiger partial charge in [-0.05, 0) is 36.5 Å². The molecule has 0 aliphatic carbocycles. The van der Waals surface area contributed by atoms with Gasteiger partial charge in [0.25, 0.3) is 0 Å². The van der Waals surface area contributed by atoms with E-state index in [-0.39, 0.29) is 5.92 Å². The van der Waals surface area contributed by atoms with Crippen molar-refractivity contribution in [3.8, 4) is 5.69 Å². The molecule has 0 saturated carbocycles. The molecule has 1 unspecified atom stereocenters. The van der Waals surface area contributed by atoms with E-state index in [4.69, 9.17) is 0 Å². The molecule has 23 heavy (non-hydrogen) atoms. The van der Waals surface area contributed by atoms with Crippen LogP contribution >= 0.6 is 0 Å². The highest BCUT2D eigenvalue weighted by molar-refractivity contribution is 5.70. The van der Waals surface area contributed by atoms with Crippen LogP contribution in [0.5, 0.6) is 0 Å². The Morgan fingerprint density at radius 2 is 2.17 bits per heavy atom. The van der Waals surface area contributed by atoms with Gasteiger partial charge < -0.3 is 10.4 Å². The van der Waals surface area contributed by atoms with Crippen molar-refractivity contribution in [2.45, 2.75) is 33.7 Å². The average molecular weight is 316 g/mol. The summed E-state index contributed by atoms with van der Waals surface area (Å²) in [6, 6.07) is 6.11. The van der Waals surface area contributed by atoms with Gasteiger partial charge in [0.1, 0.15) is 12.7 Å². The Morgan fingerprint density at radius 3 is 2.74 bits per heavy atom. The lowest BCUT2D eigenvalue weighted by Gasteiger charge is -2.16. The maximum Gasteiger partial charge on any atom is 0.307 e. The van der Waals surface area contributed by atoms with Crippen molar-refractivity contribution in [2.75, 3.05) is 6.54 Å². The molecule has 2 rings (SSSR count). The third-order valence-electron chi connectivity index (χ3n) is 3.75. The van der Waals surface area contributed by atoms with E-state index in [1.54, 1.807) is 11.0 Å². The summed E-state index contributed by atoms with van der Waals surface area (Å²) in [5, 5.41) is 16.6. The van der Waals surface area contributed by atoms with Crippen LogP contribution in [-0.2, 0) is 11.3 Å². The standard InChI is InChI=1S/C17H24N4O2/c1-12(2)6-15(17(22)23)9-18-8-14-4-5-16(13(3)7-14)21-11-19-10-20-21/h4-5,7,10-12,15,18H,6,8-9H2,1-3H3,(H,22,23). The van der Waals surface area contributed by atoms with Crippen LogP contribution in [0, 0.1) is 18.8 Å². The van der Waals surface area contributed by atoms with Crippen molar-refractivity contribution in [1.29, 1.82) is 0 Å². The molecule has 1 aromatic carbocycles. The first-order valence-electron chi connectivity index (χ1n) is 7.85. The van der Waals surface area contributed by atoms with E-state index in [0.29, 0.717) is 25.4 Å². The van der Waals surface area contributed by atoms with Gasteiger partial charge in [-0.3, -0.25) is 4.79 Å². The normalized spacial score (nSPS) is 12.5. The van der Waals surface area contributed by atoms with Crippen LogP contribution in [-0.4, -0.2) is 32.4 Å². The number of carbonyl (C=O) groups is 1. The Morgan fingerprint density at radius 1 is 1.39 bits per heavy atom. The fraction of sp³-hybridized carbons (Fsp3) is 0.471. The van der Waals surface area contributed by atoms with E-state index in [2.05, 4.69) is 21.5 Å². The molecule has 124 valence electrons. The third-order valence-corrected chi connectivity index (χ3v) is 3.75. The Bertz CT molecular complexity index is 638. The molecule has 0 aliphatic heterocycles. The molecule has 1 aromatic heterocycles. The van der Waals surface area contributed by atoms with Gasteiger partial charge in [-0.2, -0.15) is 5.10 Å². The summed E-state index contributed by atoms with van der Waals surface area (Å²) in [6.45, 7) is 7.25. The van der Waals surface area contributed by atoms with Gasteiger partial charge in [0.15, 0.2) is 0 Å². The van der Waals surface area contributed by atoms with Gasteiger partial charge in [0.2, 0.25) is 0 Å². The molecule has 0 amide bonds. The molecule has 0 radical (unpaired) electrons. The largest absolute Gasteiger partial charge is 0.481 e. The van der Waals surface area contributed by atoms with Crippen LogP contribution in [0.3, 0.4) is 0 Å². The zero-order valence-corrected chi connectivity index (χ0v) is 13.9. The van der Waals surface area contributed by atoms with Crippen LogP contribution in [0.15, 0.2) is 30.9 Å². The van der Waals surface area contributed by atoms with Gasteiger partial charge in [-0.15, -0.1) is 0 Å². The van der Waals surface area contributed by atoms with E-state index in [0.717, 1.165) is 16.8 Å². The second kappa shape index (κ2) is 7.87. The van der Waals surface area contributed by atoms with E-state index in [1.807, 2.05) is 32.9 Å². The summed E-state index contributed by atoms with van der Waals surface area (Å²) >= 11 is 0. The number of carboxylic acid groups (broad SMARTS) is 1. The molecular formula is C17H24N4O2. The SMILES string of the molecule is Cc1cc(CNCC(CC(C)C)C(=O)O)ccc1-n1cncn1.